The average Bonchev–Trinajstić information content (AvgIpc) is 2.80. The van der Waals surface area contributed by atoms with Crippen molar-refractivity contribution in [3.05, 3.63) is 35.9 Å². The zero-order chi connectivity index (χ0) is 24.4. The number of methoxy groups -OCH3 is 1. The molecule has 5 atom stereocenters. The Morgan fingerprint density at radius 1 is 1.15 bits per heavy atom. The van der Waals surface area contributed by atoms with Crippen LogP contribution in [0.25, 0.3) is 0 Å². The Bertz CT molecular complexity index is 767. The molecule has 186 valence electrons. The highest BCUT2D eigenvalue weighted by molar-refractivity contribution is 5.75. The van der Waals surface area contributed by atoms with Crippen LogP contribution in [-0.4, -0.2) is 70.8 Å². The van der Waals surface area contributed by atoms with Crippen molar-refractivity contribution >= 4 is 5.91 Å². The summed E-state index contributed by atoms with van der Waals surface area (Å²) in [6.07, 6.45) is 0.513. The lowest BCUT2D eigenvalue weighted by Gasteiger charge is -2.39. The molecule has 1 fully saturated rings. The van der Waals surface area contributed by atoms with E-state index >= 15 is 0 Å². The Kier molecular flexibility index (Phi) is 11.1. The van der Waals surface area contributed by atoms with Crippen molar-refractivity contribution in [1.29, 1.82) is 0 Å². The number of nitrogens with one attached hydrogen (secondary N) is 1. The molecule has 9 heteroatoms. The highest BCUT2D eigenvalue weighted by Gasteiger charge is 2.44. The minimum Gasteiger partial charge on any atom is -0.493 e. The lowest BCUT2D eigenvalue weighted by atomic mass is 9.99. The molecule has 2 rings (SSSR count). The molecule has 1 aliphatic rings. The zero-order valence-corrected chi connectivity index (χ0v) is 19.5. The van der Waals surface area contributed by atoms with Gasteiger partial charge in [-0.15, -0.1) is 0 Å². The van der Waals surface area contributed by atoms with Crippen molar-refractivity contribution in [2.45, 2.75) is 76.8 Å². The third kappa shape index (κ3) is 8.28. The van der Waals surface area contributed by atoms with Gasteiger partial charge < -0.3 is 40.0 Å². The monoisotopic (exact) mass is 467 g/mol. The third-order valence-corrected chi connectivity index (χ3v) is 5.35. The molecule has 1 aliphatic heterocycles. The average molecular weight is 468 g/mol. The molecule has 0 radical (unpaired) electrons. The van der Waals surface area contributed by atoms with Crippen LogP contribution in [-0.2, 0) is 16.1 Å². The zero-order valence-electron chi connectivity index (χ0n) is 19.5. The molecule has 9 nitrogen and oxygen atoms in total. The first-order valence-corrected chi connectivity index (χ1v) is 11.3. The number of benzene rings is 1. The Hall–Kier alpha value is -2.17. The van der Waals surface area contributed by atoms with Gasteiger partial charge >= 0.3 is 0 Å². The smallest absolute Gasteiger partial charge is 0.229 e. The standard InChI is InChI=1S/C24H37NO8/c1-15(2)8-6-4-5-7-9-20(27)25-13-16-10-11-17(31-3)18(12-16)32-24-23(30)22(29)21(28)19(14-26)33-24/h6,8,10-12,15,19,21-24,26,28-30H,4-5,7,9,13-14H2,1-3H3,(H,25,27)/b8-6+/t19-,21-,22+,23-,24-/m1/s1. The summed E-state index contributed by atoms with van der Waals surface area (Å²) in [5.74, 6) is 1.07. The van der Waals surface area contributed by atoms with Gasteiger partial charge in [0.05, 0.1) is 13.7 Å². The van der Waals surface area contributed by atoms with Crippen LogP contribution in [0.15, 0.2) is 30.4 Å². The van der Waals surface area contributed by atoms with Crippen LogP contribution in [0.2, 0.25) is 0 Å². The molecule has 0 aliphatic carbocycles. The van der Waals surface area contributed by atoms with Gasteiger partial charge in [-0.25, -0.2) is 0 Å². The van der Waals surface area contributed by atoms with Gasteiger partial charge in [-0.3, -0.25) is 4.79 Å². The largest absolute Gasteiger partial charge is 0.493 e. The number of hydrogen-bond acceptors (Lipinski definition) is 8. The van der Waals surface area contributed by atoms with Gasteiger partial charge in [0.15, 0.2) is 11.5 Å². The molecule has 1 aromatic carbocycles. The van der Waals surface area contributed by atoms with E-state index in [0.29, 0.717) is 18.1 Å². The van der Waals surface area contributed by atoms with E-state index in [1.807, 2.05) is 0 Å². The van der Waals surface area contributed by atoms with Gasteiger partial charge in [0, 0.05) is 13.0 Å². The molecule has 0 spiro atoms. The number of ether oxygens (including phenoxy) is 3. The van der Waals surface area contributed by atoms with E-state index in [-0.39, 0.29) is 18.2 Å². The molecule has 1 heterocycles. The summed E-state index contributed by atoms with van der Waals surface area (Å²) in [6.45, 7) is 3.98. The van der Waals surface area contributed by atoms with Gasteiger partial charge in [0.25, 0.3) is 0 Å². The molecule has 33 heavy (non-hydrogen) atoms. The molecule has 1 aromatic rings. The fourth-order valence-electron chi connectivity index (χ4n) is 3.42. The Balaban J connectivity index is 1.91. The van der Waals surface area contributed by atoms with Crippen molar-refractivity contribution in [3.8, 4) is 11.5 Å². The van der Waals surface area contributed by atoms with E-state index in [1.165, 1.54) is 7.11 Å². The molecular weight excluding hydrogens is 430 g/mol. The lowest BCUT2D eigenvalue weighted by molar-refractivity contribution is -0.277. The Morgan fingerprint density at radius 3 is 2.58 bits per heavy atom. The maximum atomic E-state index is 12.1. The summed E-state index contributed by atoms with van der Waals surface area (Å²) in [5, 5.41) is 42.3. The van der Waals surface area contributed by atoms with Gasteiger partial charge in [0.2, 0.25) is 12.2 Å². The minimum atomic E-state index is -1.55. The first kappa shape index (κ1) is 27.1. The number of carbonyl (C=O) groups is 1. The number of aliphatic hydroxyl groups is 4. The van der Waals surface area contributed by atoms with E-state index in [1.54, 1.807) is 18.2 Å². The molecular formula is C24H37NO8. The number of amides is 1. The number of rotatable bonds is 12. The number of unbranched alkanes of at least 4 members (excludes halogenated alkanes) is 2. The molecule has 0 aromatic heterocycles. The fraction of sp³-hybridized carbons (Fsp3) is 0.625. The number of aliphatic hydroxyl groups excluding tert-OH is 4. The van der Waals surface area contributed by atoms with Gasteiger partial charge in [-0.2, -0.15) is 0 Å². The summed E-state index contributed by atoms with van der Waals surface area (Å²) in [4.78, 5) is 12.1. The lowest BCUT2D eigenvalue weighted by Crippen LogP contribution is -2.60. The maximum Gasteiger partial charge on any atom is 0.229 e. The van der Waals surface area contributed by atoms with Crippen LogP contribution >= 0.6 is 0 Å². The molecule has 0 bridgehead atoms. The first-order valence-electron chi connectivity index (χ1n) is 11.3. The first-order chi connectivity index (χ1) is 15.8. The normalized spacial score (nSPS) is 25.4. The van der Waals surface area contributed by atoms with E-state index in [9.17, 15) is 25.2 Å². The van der Waals surface area contributed by atoms with Crippen molar-refractivity contribution in [3.63, 3.8) is 0 Å². The topological polar surface area (TPSA) is 138 Å². The van der Waals surface area contributed by atoms with E-state index in [0.717, 1.165) is 24.8 Å². The van der Waals surface area contributed by atoms with E-state index in [4.69, 9.17) is 14.2 Å². The highest BCUT2D eigenvalue weighted by Crippen LogP contribution is 2.32. The van der Waals surface area contributed by atoms with Gasteiger partial charge in [-0.1, -0.05) is 32.1 Å². The van der Waals surface area contributed by atoms with Crippen LogP contribution in [0.1, 0.15) is 45.1 Å². The van der Waals surface area contributed by atoms with Gasteiger partial charge in [0.1, 0.15) is 24.4 Å². The number of carbonyl (C=O) groups excluding carboxylic acids is 1. The number of hydrogen-bond donors (Lipinski definition) is 5. The molecule has 0 saturated carbocycles. The highest BCUT2D eigenvalue weighted by atomic mass is 16.7. The van der Waals surface area contributed by atoms with Crippen molar-refractivity contribution < 1.29 is 39.4 Å². The summed E-state index contributed by atoms with van der Waals surface area (Å²) in [5.41, 5.74) is 0.739. The van der Waals surface area contributed by atoms with Crippen LogP contribution in [0.4, 0.5) is 0 Å². The van der Waals surface area contributed by atoms with Crippen molar-refractivity contribution in [2.75, 3.05) is 13.7 Å². The second kappa shape index (κ2) is 13.5. The van der Waals surface area contributed by atoms with Crippen LogP contribution in [0.5, 0.6) is 11.5 Å². The maximum absolute atomic E-state index is 12.1. The molecule has 0 unspecified atom stereocenters. The van der Waals surface area contributed by atoms with Crippen LogP contribution in [0.3, 0.4) is 0 Å². The molecule has 5 N–H and O–H groups in total. The summed E-state index contributed by atoms with van der Waals surface area (Å²) in [6, 6.07) is 5.06. The Morgan fingerprint density at radius 2 is 1.91 bits per heavy atom. The summed E-state index contributed by atoms with van der Waals surface area (Å²) >= 11 is 0. The van der Waals surface area contributed by atoms with Crippen LogP contribution in [0, 0.1) is 5.92 Å². The number of allylic oxidation sites excluding steroid dienone is 2. The van der Waals surface area contributed by atoms with Crippen molar-refractivity contribution in [1.82, 2.24) is 5.32 Å². The molecule has 1 amide bonds. The van der Waals surface area contributed by atoms with Crippen LogP contribution < -0.4 is 14.8 Å². The second-order valence-electron chi connectivity index (χ2n) is 8.50. The Labute approximate surface area is 195 Å². The predicted molar refractivity (Wildman–Crippen MR) is 122 cm³/mol. The second-order valence-corrected chi connectivity index (χ2v) is 8.50. The summed E-state index contributed by atoms with van der Waals surface area (Å²) in [7, 11) is 1.45. The fourth-order valence-corrected chi connectivity index (χ4v) is 3.42. The third-order valence-electron chi connectivity index (χ3n) is 5.35. The predicted octanol–water partition coefficient (Wildman–Crippen LogP) is 1.26. The SMILES string of the molecule is COc1ccc(CNC(=O)CCCC/C=C/C(C)C)cc1O[C@@H]1O[C@H](CO)[C@@H](O)[C@H](O)[C@H]1O. The summed E-state index contributed by atoms with van der Waals surface area (Å²) < 4.78 is 16.4. The molecule has 1 saturated heterocycles. The van der Waals surface area contributed by atoms with E-state index < -0.39 is 37.3 Å². The van der Waals surface area contributed by atoms with E-state index in [2.05, 4.69) is 31.3 Å². The van der Waals surface area contributed by atoms with Gasteiger partial charge in [-0.05, 0) is 42.9 Å². The van der Waals surface area contributed by atoms with Crippen molar-refractivity contribution in [2.24, 2.45) is 5.92 Å². The quantitative estimate of drug-likeness (QED) is 0.229. The minimum absolute atomic E-state index is 0.0462.